The zero-order valence-electron chi connectivity index (χ0n) is 20.4. The number of carbonyl (C=O) groups is 2. The zero-order valence-corrected chi connectivity index (χ0v) is 20.4. The molecule has 4 atom stereocenters. The number of alkyl carbamates (subject to hydrolysis) is 1. The van der Waals surface area contributed by atoms with Gasteiger partial charge in [0.2, 0.25) is 0 Å². The third-order valence-corrected chi connectivity index (χ3v) is 6.32. The fourth-order valence-corrected chi connectivity index (χ4v) is 4.59. The Morgan fingerprint density at radius 3 is 2.32 bits per heavy atom. The Labute approximate surface area is 188 Å². The second-order valence-corrected chi connectivity index (χ2v) is 10.6. The van der Waals surface area contributed by atoms with Gasteiger partial charge in [-0.25, -0.2) is 9.59 Å². The van der Waals surface area contributed by atoms with Gasteiger partial charge in [-0.15, -0.1) is 0 Å². The van der Waals surface area contributed by atoms with Crippen LogP contribution in [-0.4, -0.2) is 29.8 Å². The maximum Gasteiger partial charge on any atom is 0.408 e. The summed E-state index contributed by atoms with van der Waals surface area (Å²) in [6.07, 6.45) is 3.51. The number of hydrogen-bond donors (Lipinski definition) is 1. The van der Waals surface area contributed by atoms with Gasteiger partial charge in [-0.1, -0.05) is 70.9 Å². The molecule has 2 rings (SSSR count). The van der Waals surface area contributed by atoms with Crippen molar-refractivity contribution < 1.29 is 19.1 Å². The smallest absolute Gasteiger partial charge is 0.408 e. The SMILES string of the molecule is CCC[C@@H](NC(=O)OC(C)(C)C)C(=O)O[C@@H]1C[C@H](C)CC[C@H]1C(C)(C)c1ccccc1. The topological polar surface area (TPSA) is 64.6 Å². The van der Waals surface area contributed by atoms with Gasteiger partial charge in [0.05, 0.1) is 0 Å². The average Bonchev–Trinajstić information content (AvgIpc) is 2.66. The lowest BCUT2D eigenvalue weighted by molar-refractivity contribution is -0.159. The molecule has 0 saturated heterocycles. The molecule has 1 aliphatic carbocycles. The number of nitrogens with one attached hydrogen (secondary N) is 1. The summed E-state index contributed by atoms with van der Waals surface area (Å²) in [6.45, 7) is 14.1. The van der Waals surface area contributed by atoms with Gasteiger partial charge in [0.1, 0.15) is 17.7 Å². The van der Waals surface area contributed by atoms with E-state index in [0.29, 0.717) is 12.3 Å². The quantitative estimate of drug-likeness (QED) is 0.537. The van der Waals surface area contributed by atoms with E-state index in [1.165, 1.54) is 5.56 Å². The molecule has 1 amide bonds. The zero-order chi connectivity index (χ0) is 23.2. The molecule has 0 spiro atoms. The molecule has 1 aliphatic rings. The number of ether oxygens (including phenoxy) is 2. The standard InChI is InChI=1S/C26H41NO4/c1-8-12-21(27-24(29)31-25(3,4)5)23(28)30-22-17-18(2)15-16-20(22)26(6,7)19-13-10-9-11-14-19/h9-11,13-14,18,20-22H,8,12,15-17H2,1-7H3,(H,27,29)/t18-,20-,21-,22-/m1/s1. The molecule has 1 aromatic rings. The minimum Gasteiger partial charge on any atom is -0.461 e. The molecule has 0 bridgehead atoms. The van der Waals surface area contributed by atoms with Crippen molar-refractivity contribution >= 4 is 12.1 Å². The highest BCUT2D eigenvalue weighted by molar-refractivity contribution is 5.81. The molecule has 0 radical (unpaired) electrons. The minimum absolute atomic E-state index is 0.120. The summed E-state index contributed by atoms with van der Waals surface area (Å²) in [5.74, 6) is 0.364. The van der Waals surface area contributed by atoms with E-state index in [0.717, 1.165) is 25.7 Å². The molecule has 5 nitrogen and oxygen atoms in total. The molecule has 0 aromatic heterocycles. The van der Waals surface area contributed by atoms with Crippen LogP contribution in [0.25, 0.3) is 0 Å². The van der Waals surface area contributed by atoms with E-state index in [-0.39, 0.29) is 23.4 Å². The van der Waals surface area contributed by atoms with Crippen molar-refractivity contribution in [2.45, 2.75) is 104 Å². The summed E-state index contributed by atoms with van der Waals surface area (Å²) in [4.78, 5) is 25.4. The van der Waals surface area contributed by atoms with Crippen LogP contribution in [0.3, 0.4) is 0 Å². The van der Waals surface area contributed by atoms with Crippen molar-refractivity contribution in [3.05, 3.63) is 35.9 Å². The van der Waals surface area contributed by atoms with Gasteiger partial charge in [0, 0.05) is 5.92 Å². The summed E-state index contributed by atoms with van der Waals surface area (Å²) in [5, 5.41) is 2.72. The molecule has 0 unspecified atom stereocenters. The Morgan fingerprint density at radius 1 is 1.10 bits per heavy atom. The molecule has 1 aromatic carbocycles. The highest BCUT2D eigenvalue weighted by Crippen LogP contribution is 2.43. The number of rotatable bonds is 7. The van der Waals surface area contributed by atoms with Gasteiger partial charge in [-0.05, 0) is 56.9 Å². The minimum atomic E-state index is -0.697. The summed E-state index contributed by atoms with van der Waals surface area (Å²) in [5.41, 5.74) is 0.520. The van der Waals surface area contributed by atoms with Crippen molar-refractivity contribution in [3.63, 3.8) is 0 Å². The Kier molecular flexibility index (Phi) is 8.56. The molecular formula is C26H41NO4. The summed E-state index contributed by atoms with van der Waals surface area (Å²) < 4.78 is 11.5. The van der Waals surface area contributed by atoms with Crippen molar-refractivity contribution in [2.24, 2.45) is 11.8 Å². The van der Waals surface area contributed by atoms with Gasteiger partial charge in [0.25, 0.3) is 0 Å². The molecule has 1 saturated carbocycles. The van der Waals surface area contributed by atoms with Crippen LogP contribution in [0.15, 0.2) is 30.3 Å². The van der Waals surface area contributed by atoms with Crippen LogP contribution in [0, 0.1) is 11.8 Å². The molecule has 1 fully saturated rings. The van der Waals surface area contributed by atoms with Crippen LogP contribution in [0.4, 0.5) is 4.79 Å². The van der Waals surface area contributed by atoms with Gasteiger partial charge in [0.15, 0.2) is 0 Å². The lowest BCUT2D eigenvalue weighted by atomic mass is 9.64. The largest absolute Gasteiger partial charge is 0.461 e. The van der Waals surface area contributed by atoms with Crippen molar-refractivity contribution in [2.75, 3.05) is 0 Å². The molecule has 174 valence electrons. The van der Waals surface area contributed by atoms with E-state index in [4.69, 9.17) is 9.47 Å². The monoisotopic (exact) mass is 431 g/mol. The van der Waals surface area contributed by atoms with E-state index < -0.39 is 17.7 Å². The van der Waals surface area contributed by atoms with Crippen LogP contribution >= 0.6 is 0 Å². The van der Waals surface area contributed by atoms with Gasteiger partial charge in [-0.3, -0.25) is 0 Å². The second-order valence-electron chi connectivity index (χ2n) is 10.6. The lowest BCUT2D eigenvalue weighted by Gasteiger charge is -2.44. The fourth-order valence-electron chi connectivity index (χ4n) is 4.59. The van der Waals surface area contributed by atoms with E-state index >= 15 is 0 Å². The Balaban J connectivity index is 2.16. The first-order chi connectivity index (χ1) is 14.4. The third-order valence-electron chi connectivity index (χ3n) is 6.32. The van der Waals surface area contributed by atoms with E-state index in [2.05, 4.69) is 50.4 Å². The molecule has 31 heavy (non-hydrogen) atoms. The fraction of sp³-hybridized carbons (Fsp3) is 0.692. The molecule has 0 aliphatic heterocycles. The number of hydrogen-bond acceptors (Lipinski definition) is 4. The van der Waals surface area contributed by atoms with Crippen molar-refractivity contribution in [3.8, 4) is 0 Å². The predicted octanol–water partition coefficient (Wildman–Crippen LogP) is 6.01. The van der Waals surface area contributed by atoms with Crippen LogP contribution in [0.1, 0.15) is 86.1 Å². The molecular weight excluding hydrogens is 390 g/mol. The average molecular weight is 432 g/mol. The van der Waals surface area contributed by atoms with Gasteiger partial charge in [-0.2, -0.15) is 0 Å². The Bertz CT molecular complexity index is 723. The van der Waals surface area contributed by atoms with Crippen LogP contribution < -0.4 is 5.32 Å². The van der Waals surface area contributed by atoms with Gasteiger partial charge < -0.3 is 14.8 Å². The normalized spacial score (nSPS) is 23.0. The first-order valence-corrected chi connectivity index (χ1v) is 11.7. The highest BCUT2D eigenvalue weighted by Gasteiger charge is 2.42. The maximum atomic E-state index is 13.1. The van der Waals surface area contributed by atoms with Crippen molar-refractivity contribution in [1.82, 2.24) is 5.32 Å². The number of carbonyl (C=O) groups excluding carboxylic acids is 2. The molecule has 0 heterocycles. The van der Waals surface area contributed by atoms with Crippen LogP contribution in [0.5, 0.6) is 0 Å². The van der Waals surface area contributed by atoms with E-state index in [1.54, 1.807) is 20.8 Å². The summed E-state index contributed by atoms with van der Waals surface area (Å²) >= 11 is 0. The van der Waals surface area contributed by atoms with Crippen LogP contribution in [-0.2, 0) is 19.7 Å². The Hall–Kier alpha value is -2.04. The van der Waals surface area contributed by atoms with Gasteiger partial charge >= 0.3 is 12.1 Å². The number of amides is 1. The lowest BCUT2D eigenvalue weighted by Crippen LogP contribution is -2.48. The number of benzene rings is 1. The number of esters is 1. The maximum absolute atomic E-state index is 13.1. The third kappa shape index (κ3) is 7.26. The second kappa shape index (κ2) is 10.5. The summed E-state index contributed by atoms with van der Waals surface area (Å²) in [7, 11) is 0. The summed E-state index contributed by atoms with van der Waals surface area (Å²) in [6, 6.07) is 9.76. The van der Waals surface area contributed by atoms with E-state index in [9.17, 15) is 9.59 Å². The first-order valence-electron chi connectivity index (χ1n) is 11.7. The Morgan fingerprint density at radius 2 is 1.74 bits per heavy atom. The highest BCUT2D eigenvalue weighted by atomic mass is 16.6. The van der Waals surface area contributed by atoms with Crippen LogP contribution in [0.2, 0.25) is 0 Å². The first kappa shape index (κ1) is 25.2. The van der Waals surface area contributed by atoms with Crippen molar-refractivity contribution in [1.29, 1.82) is 0 Å². The molecule has 5 heteroatoms. The predicted molar refractivity (Wildman–Crippen MR) is 124 cm³/mol. The van der Waals surface area contributed by atoms with E-state index in [1.807, 2.05) is 13.0 Å². The molecule has 1 N–H and O–H groups in total.